The van der Waals surface area contributed by atoms with E-state index in [1.807, 2.05) is 38.8 Å². The number of nitrogens with one attached hydrogen (secondary N) is 2. The molecule has 0 unspecified atom stereocenters. The summed E-state index contributed by atoms with van der Waals surface area (Å²) in [6, 6.07) is 12.0. The lowest BCUT2D eigenvalue weighted by Gasteiger charge is -2.53. The fraction of sp³-hybridized carbons (Fsp3) is 0.318. The summed E-state index contributed by atoms with van der Waals surface area (Å²) < 4.78 is 46.5. The van der Waals surface area contributed by atoms with Gasteiger partial charge in [-0.25, -0.2) is 18.2 Å². The van der Waals surface area contributed by atoms with Crippen LogP contribution in [0.5, 0.6) is 0 Å². The van der Waals surface area contributed by atoms with Crippen molar-refractivity contribution in [3.8, 4) is 0 Å². The normalized spacial score (nSPS) is 16.5. The summed E-state index contributed by atoms with van der Waals surface area (Å²) in [5.41, 5.74) is 4.91. The maximum absolute atomic E-state index is 14.0. The van der Waals surface area contributed by atoms with Crippen molar-refractivity contribution < 1.29 is 32.3 Å². The number of hydrogen-bond acceptors (Lipinski definition) is 8. The Kier molecular flexibility index (Phi) is 14.7. The lowest BCUT2D eigenvalue weighted by atomic mass is 9.73. The highest BCUT2D eigenvalue weighted by Gasteiger charge is 2.45. The van der Waals surface area contributed by atoms with E-state index in [2.05, 4.69) is 27.1 Å². The minimum atomic E-state index is -0.959. The number of carbonyl (C=O) groups excluding carboxylic acids is 3. The molecule has 0 saturated carbocycles. The standard InChI is InChI=1S/C21H18ClF3N2OS.C21H23N3O3.C2H6/c1-4-13(23)10-17-11(2)20-12(5-6-27(17)3)7-18(29-20)21(28)26-19-15(22)8-14(24)9-16(19)25;1-15-10-18(20(26)23-17-4-2-16(12-25)3-5-17)19(22-11-15)24-13-21(14-24)6-8-27-9-7-21;1-2/h4,7-10H,2,5-6H2,1,3H3,(H,26,28);2-5,10-12H,6-9,13-14H2,1H3,(H,23,26);1-2H3/b13-4+,17-10+;;. The van der Waals surface area contributed by atoms with Crippen molar-refractivity contribution in [3.05, 3.63) is 134 Å². The average molecular weight is 834 g/mol. The van der Waals surface area contributed by atoms with E-state index in [-0.39, 0.29) is 22.4 Å². The number of rotatable bonds is 7. The molecule has 2 fully saturated rings. The number of halogens is 4. The molecule has 306 valence electrons. The number of pyridine rings is 1. The van der Waals surface area contributed by atoms with Crippen molar-refractivity contribution in [1.29, 1.82) is 0 Å². The van der Waals surface area contributed by atoms with Crippen LogP contribution < -0.4 is 15.5 Å². The third-order valence-corrected chi connectivity index (χ3v) is 11.5. The number of likely N-dealkylation sites (N-methyl/N-ethyl adjacent to an activating group) is 1. The molecule has 58 heavy (non-hydrogen) atoms. The van der Waals surface area contributed by atoms with E-state index in [0.29, 0.717) is 57.4 Å². The number of allylic oxidation sites excluding steroid dienone is 4. The first-order valence-corrected chi connectivity index (χ1v) is 20.2. The first kappa shape index (κ1) is 43.9. The van der Waals surface area contributed by atoms with Gasteiger partial charge in [0.2, 0.25) is 0 Å². The predicted octanol–water partition coefficient (Wildman–Crippen LogP) is 10.3. The Morgan fingerprint density at radius 2 is 1.72 bits per heavy atom. The Morgan fingerprint density at radius 1 is 1.03 bits per heavy atom. The lowest BCUT2D eigenvalue weighted by Crippen LogP contribution is -2.59. The highest BCUT2D eigenvalue weighted by molar-refractivity contribution is 7.15. The Balaban J connectivity index is 0.000000212. The minimum absolute atomic E-state index is 0.187. The molecule has 2 aromatic carbocycles. The van der Waals surface area contributed by atoms with Gasteiger partial charge in [0, 0.05) is 85.0 Å². The molecule has 7 rings (SSSR count). The van der Waals surface area contributed by atoms with Gasteiger partial charge in [0.15, 0.2) is 5.82 Å². The number of aryl methyl sites for hydroxylation is 1. The van der Waals surface area contributed by atoms with Gasteiger partial charge in [0.25, 0.3) is 11.8 Å². The summed E-state index contributed by atoms with van der Waals surface area (Å²) in [6.45, 7) is 15.7. The van der Waals surface area contributed by atoms with Crippen LogP contribution in [-0.4, -0.2) is 67.9 Å². The maximum Gasteiger partial charge on any atom is 0.265 e. The smallest absolute Gasteiger partial charge is 0.265 e. The fourth-order valence-corrected chi connectivity index (χ4v) is 8.17. The predicted molar refractivity (Wildman–Crippen MR) is 227 cm³/mol. The van der Waals surface area contributed by atoms with Gasteiger partial charge in [-0.15, -0.1) is 11.3 Å². The quantitative estimate of drug-likeness (QED) is 0.179. The number of thiophene rings is 1. The van der Waals surface area contributed by atoms with Crippen LogP contribution >= 0.6 is 22.9 Å². The molecule has 3 aliphatic rings. The van der Waals surface area contributed by atoms with E-state index in [1.54, 1.807) is 43.5 Å². The highest BCUT2D eigenvalue weighted by atomic mass is 35.5. The zero-order chi connectivity index (χ0) is 42.1. The molecular weight excluding hydrogens is 787 g/mol. The number of nitrogens with zero attached hydrogens (tertiary/aromatic N) is 3. The number of anilines is 3. The first-order chi connectivity index (χ1) is 27.8. The highest BCUT2D eigenvalue weighted by Crippen LogP contribution is 2.43. The zero-order valence-electron chi connectivity index (χ0n) is 33.2. The number of benzene rings is 2. The van der Waals surface area contributed by atoms with Gasteiger partial charge in [-0.1, -0.05) is 38.1 Å². The van der Waals surface area contributed by atoms with Crippen molar-refractivity contribution in [3.63, 3.8) is 0 Å². The Labute approximate surface area is 346 Å². The molecule has 0 atom stereocenters. The first-order valence-electron chi connectivity index (χ1n) is 19.0. The van der Waals surface area contributed by atoms with E-state index in [9.17, 15) is 27.6 Å². The Morgan fingerprint density at radius 3 is 2.36 bits per heavy atom. The number of fused-ring (bicyclic) bond motifs is 1. The number of amides is 2. The summed E-state index contributed by atoms with van der Waals surface area (Å²) >= 11 is 7.03. The lowest BCUT2D eigenvalue weighted by molar-refractivity contribution is -0.000511. The van der Waals surface area contributed by atoms with Crippen molar-refractivity contribution in [2.75, 3.05) is 55.4 Å². The topological polar surface area (TPSA) is 104 Å². The number of carbonyl (C=O) groups is 3. The van der Waals surface area contributed by atoms with Crippen LogP contribution in [0.15, 0.2) is 85.0 Å². The van der Waals surface area contributed by atoms with Crippen LogP contribution in [0, 0.1) is 24.0 Å². The number of ether oxygens (including phenoxy) is 1. The second-order valence-corrected chi connectivity index (χ2v) is 15.5. The van der Waals surface area contributed by atoms with Crippen LogP contribution in [0.2, 0.25) is 5.02 Å². The molecule has 1 spiro atoms. The van der Waals surface area contributed by atoms with E-state index < -0.39 is 17.5 Å². The van der Waals surface area contributed by atoms with Crippen LogP contribution in [0.4, 0.5) is 30.4 Å². The van der Waals surface area contributed by atoms with Crippen LogP contribution in [0.25, 0.3) is 5.57 Å². The number of aldehydes is 1. The van der Waals surface area contributed by atoms with Gasteiger partial charge in [-0.2, -0.15) is 0 Å². The SMILES string of the molecule is C=C1/C(=C\C(F)=C/C)N(C)CCc2cc(C(=O)Nc3c(F)cc(F)cc3Cl)sc21.CC.Cc1cnc(N2CC3(CCOCC3)C2)c(C(=O)Nc2ccc(C=O)cc2)c1. The van der Waals surface area contributed by atoms with Crippen LogP contribution in [0.3, 0.4) is 0 Å². The summed E-state index contributed by atoms with van der Waals surface area (Å²) in [7, 11) is 1.85. The molecule has 4 aromatic rings. The van der Waals surface area contributed by atoms with E-state index in [4.69, 9.17) is 16.3 Å². The van der Waals surface area contributed by atoms with Crippen molar-refractivity contribution in [2.24, 2.45) is 5.41 Å². The molecule has 2 N–H and O–H groups in total. The molecule has 0 aliphatic carbocycles. The summed E-state index contributed by atoms with van der Waals surface area (Å²) in [6.07, 6.45) is 8.12. The third-order valence-electron chi connectivity index (χ3n) is 10.00. The van der Waals surface area contributed by atoms with Crippen LogP contribution in [-0.2, 0) is 11.2 Å². The molecule has 0 radical (unpaired) electrons. The number of hydrogen-bond donors (Lipinski definition) is 2. The van der Waals surface area contributed by atoms with Gasteiger partial charge >= 0.3 is 0 Å². The van der Waals surface area contributed by atoms with E-state index >= 15 is 0 Å². The van der Waals surface area contributed by atoms with Crippen molar-refractivity contribution in [1.82, 2.24) is 9.88 Å². The Hall–Kier alpha value is -5.24. The fourth-order valence-electron chi connectivity index (χ4n) is 6.84. The summed E-state index contributed by atoms with van der Waals surface area (Å²) in [4.78, 5) is 46.0. The summed E-state index contributed by atoms with van der Waals surface area (Å²) in [5, 5.41) is 5.08. The summed E-state index contributed by atoms with van der Waals surface area (Å²) in [5.74, 6) is -2.19. The van der Waals surface area contributed by atoms with E-state index in [1.165, 1.54) is 23.5 Å². The van der Waals surface area contributed by atoms with Gasteiger partial charge in [-0.3, -0.25) is 14.4 Å². The molecule has 5 heterocycles. The van der Waals surface area contributed by atoms with Gasteiger partial charge in [0.1, 0.15) is 23.7 Å². The molecule has 2 saturated heterocycles. The second kappa shape index (κ2) is 19.5. The average Bonchev–Trinajstić information content (AvgIpc) is 3.61. The molecule has 2 amide bonds. The largest absolute Gasteiger partial charge is 0.381 e. The molecular formula is C44H47ClF3N5O4S. The van der Waals surface area contributed by atoms with Crippen molar-refractivity contribution in [2.45, 2.75) is 47.0 Å². The second-order valence-electron chi connectivity index (χ2n) is 14.1. The van der Waals surface area contributed by atoms with Gasteiger partial charge in [-0.05, 0) is 92.8 Å². The zero-order valence-corrected chi connectivity index (χ0v) is 34.8. The molecule has 2 aromatic heterocycles. The van der Waals surface area contributed by atoms with E-state index in [0.717, 1.165) is 73.3 Å². The maximum atomic E-state index is 14.0. The molecule has 3 aliphatic heterocycles. The molecule has 0 bridgehead atoms. The minimum Gasteiger partial charge on any atom is -0.381 e. The van der Waals surface area contributed by atoms with Gasteiger partial charge in [0.05, 0.1) is 21.2 Å². The third kappa shape index (κ3) is 10.2. The Bertz CT molecular complexity index is 2200. The van der Waals surface area contributed by atoms with Crippen molar-refractivity contribution >= 4 is 63.8 Å². The monoisotopic (exact) mass is 833 g/mol. The van der Waals surface area contributed by atoms with Gasteiger partial charge < -0.3 is 25.2 Å². The molecule has 14 heteroatoms. The molecule has 9 nitrogen and oxygen atoms in total. The van der Waals surface area contributed by atoms with Crippen LogP contribution in [0.1, 0.15) is 80.0 Å². The number of aromatic nitrogens is 1.